The Bertz CT molecular complexity index is 1570. The second-order valence-corrected chi connectivity index (χ2v) is 9.77. The lowest BCUT2D eigenvalue weighted by Crippen LogP contribution is -2.52. The molecular formula is C27H25F4N5O4. The Morgan fingerprint density at radius 3 is 2.33 bits per heavy atom. The van der Waals surface area contributed by atoms with Gasteiger partial charge in [0.1, 0.15) is 18.9 Å². The molecule has 0 radical (unpaired) electrons. The van der Waals surface area contributed by atoms with Crippen LogP contribution in [0.5, 0.6) is 0 Å². The number of carbonyl (C=O) groups is 2. The number of hydrogen-bond donors (Lipinski definition) is 1. The van der Waals surface area contributed by atoms with E-state index >= 15 is 0 Å². The summed E-state index contributed by atoms with van der Waals surface area (Å²) >= 11 is 0. The lowest BCUT2D eigenvalue weighted by Gasteiger charge is -2.40. The zero-order chi connectivity index (χ0) is 28.6. The Hall–Kier alpha value is -4.42. The number of piperidine rings is 1. The number of rotatable bonds is 5. The molecule has 13 heteroatoms. The van der Waals surface area contributed by atoms with Crippen LogP contribution in [0.4, 0.5) is 28.0 Å². The van der Waals surface area contributed by atoms with Gasteiger partial charge in [-0.3, -0.25) is 18.7 Å². The van der Waals surface area contributed by atoms with E-state index in [-0.39, 0.29) is 35.3 Å². The van der Waals surface area contributed by atoms with Crippen molar-refractivity contribution in [1.82, 2.24) is 18.9 Å². The summed E-state index contributed by atoms with van der Waals surface area (Å²) in [7, 11) is 0. The van der Waals surface area contributed by atoms with Crippen molar-refractivity contribution in [2.75, 3.05) is 18.4 Å². The molecule has 5 rings (SSSR count). The van der Waals surface area contributed by atoms with E-state index in [4.69, 9.17) is 0 Å². The lowest BCUT2D eigenvalue weighted by molar-refractivity contribution is -0.142. The molecule has 0 unspecified atom stereocenters. The molecule has 40 heavy (non-hydrogen) atoms. The van der Waals surface area contributed by atoms with Crippen molar-refractivity contribution in [2.24, 2.45) is 0 Å². The molecule has 9 nitrogen and oxygen atoms in total. The van der Waals surface area contributed by atoms with Gasteiger partial charge in [0.2, 0.25) is 5.91 Å². The molecular weight excluding hydrogens is 534 g/mol. The number of carbonyl (C=O) groups excluding carboxylic acids is 2. The number of alkyl halides is 3. The van der Waals surface area contributed by atoms with Gasteiger partial charge in [0.15, 0.2) is 0 Å². The molecule has 1 fully saturated rings. The van der Waals surface area contributed by atoms with Gasteiger partial charge in [-0.25, -0.2) is 14.0 Å². The molecule has 0 aliphatic carbocycles. The number of halogens is 4. The maximum absolute atomic E-state index is 14.4. The first-order valence-electron chi connectivity index (χ1n) is 12.6. The predicted molar refractivity (Wildman–Crippen MR) is 137 cm³/mol. The van der Waals surface area contributed by atoms with E-state index in [1.165, 1.54) is 23.1 Å². The van der Waals surface area contributed by atoms with Crippen molar-refractivity contribution in [3.63, 3.8) is 0 Å². The molecule has 1 N–H and O–H groups in total. The molecule has 2 aliphatic heterocycles. The van der Waals surface area contributed by atoms with Crippen LogP contribution in [-0.4, -0.2) is 56.2 Å². The third-order valence-electron chi connectivity index (χ3n) is 7.16. The first-order valence-corrected chi connectivity index (χ1v) is 12.6. The Labute approximate surface area is 225 Å². The summed E-state index contributed by atoms with van der Waals surface area (Å²) in [6.45, 7) is -1.58. The molecule has 1 aromatic heterocycles. The second-order valence-electron chi connectivity index (χ2n) is 9.77. The van der Waals surface area contributed by atoms with Crippen LogP contribution in [0.2, 0.25) is 0 Å². The normalized spacial score (nSPS) is 16.1. The van der Waals surface area contributed by atoms with Gasteiger partial charge in [-0.1, -0.05) is 36.4 Å². The van der Waals surface area contributed by atoms with Crippen LogP contribution in [0, 0.1) is 5.82 Å². The van der Waals surface area contributed by atoms with E-state index in [2.05, 4.69) is 5.32 Å². The standard InChI is InChI=1S/C27H25F4N5O4/c28-21-7-3-2-6-19(21)20-14-34(26(40)36(24(20)38)16-27(29,30)31)15-23(37)33-11-9-18(10-12-33)35-13-17-5-1-4-8-22(17)32-25(35)39/h1-8,14,18H,9-13,15-16H2,(H,32,39). The van der Waals surface area contributed by atoms with Crippen molar-refractivity contribution in [1.29, 1.82) is 0 Å². The van der Waals surface area contributed by atoms with E-state index in [1.807, 2.05) is 24.3 Å². The molecule has 3 amide bonds. The van der Waals surface area contributed by atoms with Gasteiger partial charge in [-0.05, 0) is 30.5 Å². The number of benzene rings is 2. The number of para-hydroxylation sites is 1. The number of amides is 3. The highest BCUT2D eigenvalue weighted by molar-refractivity contribution is 5.92. The van der Waals surface area contributed by atoms with Crippen molar-refractivity contribution >= 4 is 17.6 Å². The molecule has 0 atom stereocenters. The summed E-state index contributed by atoms with van der Waals surface area (Å²) in [5.74, 6) is -1.41. The number of aromatic nitrogens is 2. The zero-order valence-electron chi connectivity index (χ0n) is 21.2. The van der Waals surface area contributed by atoms with Gasteiger partial charge in [0.25, 0.3) is 5.56 Å². The molecule has 3 heterocycles. The van der Waals surface area contributed by atoms with Gasteiger partial charge < -0.3 is 15.1 Å². The molecule has 0 saturated carbocycles. The van der Waals surface area contributed by atoms with Crippen LogP contribution in [0.3, 0.4) is 0 Å². The highest BCUT2D eigenvalue weighted by Crippen LogP contribution is 2.28. The monoisotopic (exact) mass is 559 g/mol. The summed E-state index contributed by atoms with van der Waals surface area (Å²) in [5, 5.41) is 2.86. The SMILES string of the molecule is O=C(Cn1cc(-c2ccccc2F)c(=O)n(CC(F)(F)F)c1=O)N1CCC(N2Cc3ccccc3NC2=O)CC1. The molecule has 3 aromatic rings. The summed E-state index contributed by atoms with van der Waals surface area (Å²) < 4.78 is 54.7. The maximum Gasteiger partial charge on any atom is 0.406 e. The van der Waals surface area contributed by atoms with Crippen LogP contribution in [0.15, 0.2) is 64.3 Å². The average Bonchev–Trinajstić information content (AvgIpc) is 2.92. The number of anilines is 1. The number of hydrogen-bond acceptors (Lipinski definition) is 4. The number of nitrogens with zero attached hydrogens (tertiary/aromatic N) is 4. The van der Waals surface area contributed by atoms with Crippen LogP contribution in [0.25, 0.3) is 11.1 Å². The predicted octanol–water partition coefficient (Wildman–Crippen LogP) is 3.42. The van der Waals surface area contributed by atoms with Gasteiger partial charge in [0.05, 0.1) is 5.56 Å². The fraction of sp³-hybridized carbons (Fsp3) is 0.333. The number of likely N-dealkylation sites (tertiary alicyclic amines) is 1. The van der Waals surface area contributed by atoms with Crippen LogP contribution in [0.1, 0.15) is 18.4 Å². The first-order chi connectivity index (χ1) is 19.0. The molecule has 0 bridgehead atoms. The molecule has 210 valence electrons. The van der Waals surface area contributed by atoms with Crippen molar-refractivity contribution < 1.29 is 27.2 Å². The van der Waals surface area contributed by atoms with Gasteiger partial charge >= 0.3 is 17.9 Å². The number of nitrogens with one attached hydrogen (secondary N) is 1. The highest BCUT2D eigenvalue weighted by atomic mass is 19.4. The molecule has 1 saturated heterocycles. The minimum atomic E-state index is -4.90. The third kappa shape index (κ3) is 5.49. The van der Waals surface area contributed by atoms with Crippen molar-refractivity contribution in [3.05, 3.63) is 86.9 Å². The minimum absolute atomic E-state index is 0.0336. The third-order valence-corrected chi connectivity index (χ3v) is 7.16. The van der Waals surface area contributed by atoms with E-state index in [0.29, 0.717) is 24.0 Å². The topological polar surface area (TPSA) is 96.7 Å². The fourth-order valence-corrected chi connectivity index (χ4v) is 5.14. The smallest absolute Gasteiger partial charge is 0.341 e. The number of urea groups is 1. The first kappa shape index (κ1) is 27.2. The van der Waals surface area contributed by atoms with Crippen molar-refractivity contribution in [3.8, 4) is 11.1 Å². The van der Waals surface area contributed by atoms with Crippen LogP contribution >= 0.6 is 0 Å². The second kappa shape index (κ2) is 10.6. The number of fused-ring (bicyclic) bond motifs is 1. The Morgan fingerprint density at radius 2 is 1.62 bits per heavy atom. The summed E-state index contributed by atoms with van der Waals surface area (Å²) in [6, 6.07) is 12.1. The Balaban J connectivity index is 1.34. The molecule has 2 aliphatic rings. The maximum atomic E-state index is 14.4. The van der Waals surface area contributed by atoms with Crippen molar-refractivity contribution in [2.45, 2.75) is 44.7 Å². The van der Waals surface area contributed by atoms with Gasteiger partial charge in [-0.2, -0.15) is 13.2 Å². The van der Waals surface area contributed by atoms with Gasteiger partial charge in [-0.15, -0.1) is 0 Å². The average molecular weight is 560 g/mol. The molecule has 0 spiro atoms. The largest absolute Gasteiger partial charge is 0.406 e. The minimum Gasteiger partial charge on any atom is -0.341 e. The summed E-state index contributed by atoms with van der Waals surface area (Å²) in [5.41, 5.74) is -1.66. The van der Waals surface area contributed by atoms with Gasteiger partial charge in [0, 0.05) is 43.1 Å². The Morgan fingerprint density at radius 1 is 0.950 bits per heavy atom. The van der Waals surface area contributed by atoms with Crippen LogP contribution < -0.4 is 16.6 Å². The van der Waals surface area contributed by atoms with E-state index in [1.54, 1.807) is 4.90 Å². The Kier molecular flexibility index (Phi) is 7.21. The zero-order valence-corrected chi connectivity index (χ0v) is 21.2. The quantitative estimate of drug-likeness (QED) is 0.485. The fourth-order valence-electron chi connectivity index (χ4n) is 5.14. The van der Waals surface area contributed by atoms with Crippen LogP contribution in [-0.2, 0) is 24.4 Å². The lowest BCUT2D eigenvalue weighted by atomic mass is 10.0. The summed E-state index contributed by atoms with van der Waals surface area (Å²) in [6.07, 6.45) is -3.05. The highest BCUT2D eigenvalue weighted by Gasteiger charge is 2.34. The van der Waals surface area contributed by atoms with E-state index < -0.39 is 47.8 Å². The van der Waals surface area contributed by atoms with E-state index in [0.717, 1.165) is 23.5 Å². The summed E-state index contributed by atoms with van der Waals surface area (Å²) in [4.78, 5) is 54.6. The molecule has 2 aromatic carbocycles. The van der Waals surface area contributed by atoms with E-state index in [9.17, 15) is 36.7 Å².